The van der Waals surface area contributed by atoms with Gasteiger partial charge in [-0.15, -0.1) is 0 Å². The Morgan fingerprint density at radius 3 is 2.65 bits per heavy atom. The largest absolute Gasteiger partial charge is 0.487 e. The van der Waals surface area contributed by atoms with Gasteiger partial charge >= 0.3 is 0 Å². The molecule has 0 radical (unpaired) electrons. The average Bonchev–Trinajstić information content (AvgIpc) is 3.06. The van der Waals surface area contributed by atoms with Gasteiger partial charge in [-0.3, -0.25) is 0 Å². The minimum absolute atomic E-state index is 0.320. The fourth-order valence-electron chi connectivity index (χ4n) is 2.42. The van der Waals surface area contributed by atoms with Crippen LogP contribution in [0.5, 0.6) is 5.75 Å². The van der Waals surface area contributed by atoms with Crippen LogP contribution in [-0.4, -0.2) is 4.98 Å². The number of para-hydroxylation sites is 1. The molecule has 0 saturated carbocycles. The molecule has 2 aromatic carbocycles. The molecule has 0 aliphatic carbocycles. The zero-order chi connectivity index (χ0) is 18.2. The second-order valence-electron chi connectivity index (χ2n) is 5.56. The van der Waals surface area contributed by atoms with E-state index < -0.39 is 0 Å². The molecule has 0 fully saturated rings. The highest BCUT2D eigenvalue weighted by atomic mass is 16.5. The lowest BCUT2D eigenvalue weighted by atomic mass is 10.2. The standard InChI is InChI=1S/C22H18N2O2/c1-17-20(24-22(26-17)19-12-4-2-5-13-19)16-25-21-14-8-7-11-18(21)10-6-3-9-15-23/h2-14H,16H2,1H3. The first-order valence-corrected chi connectivity index (χ1v) is 8.24. The average molecular weight is 342 g/mol. The lowest BCUT2D eigenvalue weighted by Gasteiger charge is -2.07. The van der Waals surface area contributed by atoms with Crippen LogP contribution in [0, 0.1) is 18.3 Å². The van der Waals surface area contributed by atoms with E-state index in [0.717, 1.165) is 28.3 Å². The fraction of sp³-hybridized carbons (Fsp3) is 0.0909. The highest BCUT2D eigenvalue weighted by Crippen LogP contribution is 2.24. The molecule has 4 nitrogen and oxygen atoms in total. The van der Waals surface area contributed by atoms with Crippen molar-refractivity contribution in [3.8, 4) is 23.3 Å². The Morgan fingerprint density at radius 1 is 1.08 bits per heavy atom. The van der Waals surface area contributed by atoms with E-state index in [0.29, 0.717) is 12.5 Å². The second kappa shape index (κ2) is 8.50. The number of ether oxygens (including phenoxy) is 1. The van der Waals surface area contributed by atoms with Crippen LogP contribution in [0.15, 0.2) is 77.2 Å². The van der Waals surface area contributed by atoms with E-state index in [1.807, 2.05) is 73.7 Å². The Morgan fingerprint density at radius 2 is 1.85 bits per heavy atom. The van der Waals surface area contributed by atoms with Gasteiger partial charge in [-0.1, -0.05) is 54.6 Å². The summed E-state index contributed by atoms with van der Waals surface area (Å²) in [6, 6.07) is 19.5. The van der Waals surface area contributed by atoms with Crippen molar-refractivity contribution >= 4 is 6.08 Å². The Kier molecular flexibility index (Phi) is 5.64. The van der Waals surface area contributed by atoms with Crippen molar-refractivity contribution in [3.05, 3.63) is 89.8 Å². The van der Waals surface area contributed by atoms with Crippen LogP contribution in [-0.2, 0) is 6.61 Å². The number of aromatic nitrogens is 1. The molecular formula is C22H18N2O2. The van der Waals surface area contributed by atoms with E-state index >= 15 is 0 Å². The van der Waals surface area contributed by atoms with E-state index in [4.69, 9.17) is 14.4 Å². The summed E-state index contributed by atoms with van der Waals surface area (Å²) in [5.74, 6) is 2.09. The zero-order valence-corrected chi connectivity index (χ0v) is 14.4. The molecule has 1 aromatic heterocycles. The van der Waals surface area contributed by atoms with Gasteiger partial charge in [0, 0.05) is 17.2 Å². The number of oxazole rings is 1. The molecule has 0 spiro atoms. The molecule has 4 heteroatoms. The van der Waals surface area contributed by atoms with Gasteiger partial charge in [0.2, 0.25) is 5.89 Å². The van der Waals surface area contributed by atoms with Crippen molar-refractivity contribution in [3.63, 3.8) is 0 Å². The van der Waals surface area contributed by atoms with Crippen LogP contribution in [0.4, 0.5) is 0 Å². The first-order valence-electron chi connectivity index (χ1n) is 8.24. The molecule has 3 aromatic rings. The number of aryl methyl sites for hydroxylation is 1. The summed E-state index contributed by atoms with van der Waals surface area (Å²) in [5.41, 5.74) is 2.64. The van der Waals surface area contributed by atoms with Gasteiger partial charge < -0.3 is 9.15 Å². The highest BCUT2D eigenvalue weighted by Gasteiger charge is 2.12. The first-order chi connectivity index (χ1) is 12.8. The highest BCUT2D eigenvalue weighted by molar-refractivity contribution is 5.58. The third kappa shape index (κ3) is 4.28. The van der Waals surface area contributed by atoms with Crippen LogP contribution in [0.1, 0.15) is 17.0 Å². The van der Waals surface area contributed by atoms with Crippen molar-refractivity contribution in [2.75, 3.05) is 0 Å². The zero-order valence-electron chi connectivity index (χ0n) is 14.4. The lowest BCUT2D eigenvalue weighted by Crippen LogP contribution is -1.99. The van der Waals surface area contributed by atoms with E-state index in [1.165, 1.54) is 6.08 Å². The summed E-state index contributed by atoms with van der Waals surface area (Å²) in [5, 5.41) is 8.53. The van der Waals surface area contributed by atoms with Crippen molar-refractivity contribution in [1.82, 2.24) is 4.98 Å². The fourth-order valence-corrected chi connectivity index (χ4v) is 2.42. The summed E-state index contributed by atoms with van der Waals surface area (Å²) in [4.78, 5) is 4.55. The van der Waals surface area contributed by atoms with Crippen LogP contribution in [0.3, 0.4) is 0 Å². The molecular weight excluding hydrogens is 324 g/mol. The molecule has 0 N–H and O–H groups in total. The first kappa shape index (κ1) is 17.2. The van der Waals surface area contributed by atoms with Gasteiger partial charge in [0.05, 0.1) is 6.07 Å². The number of hydrogen-bond acceptors (Lipinski definition) is 4. The molecule has 0 saturated heterocycles. The second-order valence-corrected chi connectivity index (χ2v) is 5.56. The number of nitrogens with zero attached hydrogens (tertiary/aromatic N) is 2. The Balaban J connectivity index is 1.74. The maximum absolute atomic E-state index is 8.53. The third-order valence-corrected chi connectivity index (χ3v) is 3.75. The summed E-state index contributed by atoms with van der Waals surface area (Å²) in [7, 11) is 0. The van der Waals surface area contributed by atoms with Gasteiger partial charge in [0.25, 0.3) is 0 Å². The molecule has 128 valence electrons. The maximum Gasteiger partial charge on any atom is 0.226 e. The number of hydrogen-bond donors (Lipinski definition) is 0. The van der Waals surface area contributed by atoms with Crippen molar-refractivity contribution in [2.45, 2.75) is 13.5 Å². The topological polar surface area (TPSA) is 59.1 Å². The molecule has 0 unspecified atom stereocenters. The monoisotopic (exact) mass is 342 g/mol. The van der Waals surface area contributed by atoms with Crippen molar-refractivity contribution in [2.24, 2.45) is 0 Å². The molecule has 0 bridgehead atoms. The van der Waals surface area contributed by atoms with Gasteiger partial charge in [-0.05, 0) is 25.1 Å². The van der Waals surface area contributed by atoms with Gasteiger partial charge in [0.1, 0.15) is 23.8 Å². The number of rotatable bonds is 6. The van der Waals surface area contributed by atoms with E-state index in [2.05, 4.69) is 4.98 Å². The summed E-state index contributed by atoms with van der Waals surface area (Å²) >= 11 is 0. The summed E-state index contributed by atoms with van der Waals surface area (Å²) in [6.45, 7) is 2.21. The molecule has 0 aliphatic heterocycles. The smallest absolute Gasteiger partial charge is 0.226 e. The Labute approximate surface area is 152 Å². The quantitative estimate of drug-likeness (QED) is 0.449. The number of nitriles is 1. The predicted molar refractivity (Wildman–Crippen MR) is 101 cm³/mol. The van der Waals surface area contributed by atoms with E-state index in [9.17, 15) is 0 Å². The van der Waals surface area contributed by atoms with Crippen LogP contribution in [0.25, 0.3) is 17.5 Å². The normalized spacial score (nSPS) is 11.1. The number of benzene rings is 2. The van der Waals surface area contributed by atoms with Crippen LogP contribution < -0.4 is 4.74 Å². The van der Waals surface area contributed by atoms with E-state index in [1.54, 1.807) is 12.2 Å². The molecule has 0 aliphatic rings. The Bertz CT molecular complexity index is 963. The minimum atomic E-state index is 0.320. The third-order valence-electron chi connectivity index (χ3n) is 3.75. The SMILES string of the molecule is Cc1oc(-c2ccccc2)nc1COc1ccccc1C=CC=CC#N. The molecule has 3 rings (SSSR count). The molecule has 1 heterocycles. The summed E-state index contributed by atoms with van der Waals surface area (Å²) in [6.07, 6.45) is 6.81. The van der Waals surface area contributed by atoms with Crippen LogP contribution in [0.2, 0.25) is 0 Å². The van der Waals surface area contributed by atoms with E-state index in [-0.39, 0.29) is 0 Å². The molecule has 0 atom stereocenters. The van der Waals surface area contributed by atoms with Gasteiger partial charge in [-0.25, -0.2) is 4.98 Å². The molecule has 26 heavy (non-hydrogen) atoms. The van der Waals surface area contributed by atoms with Gasteiger partial charge in [0.15, 0.2) is 0 Å². The number of allylic oxidation sites excluding steroid dienone is 3. The Hall–Kier alpha value is -3.58. The van der Waals surface area contributed by atoms with Crippen molar-refractivity contribution < 1.29 is 9.15 Å². The minimum Gasteiger partial charge on any atom is -0.487 e. The van der Waals surface area contributed by atoms with Crippen LogP contribution >= 0.6 is 0 Å². The molecule has 0 amide bonds. The lowest BCUT2D eigenvalue weighted by molar-refractivity contribution is 0.299. The van der Waals surface area contributed by atoms with Gasteiger partial charge in [-0.2, -0.15) is 5.26 Å². The van der Waals surface area contributed by atoms with Crippen molar-refractivity contribution in [1.29, 1.82) is 5.26 Å². The summed E-state index contributed by atoms with van der Waals surface area (Å²) < 4.78 is 11.7. The predicted octanol–water partition coefficient (Wildman–Crippen LogP) is 5.32. The maximum atomic E-state index is 8.53.